The average Bonchev–Trinajstić information content (AvgIpc) is 3.25. The first-order valence-corrected chi connectivity index (χ1v) is 7.58. The van der Waals surface area contributed by atoms with Crippen LogP contribution in [0.3, 0.4) is 0 Å². The molecule has 4 heteroatoms. The number of carbonyl (C=O) groups excluding carboxylic acids is 1. The predicted octanol–water partition coefficient (Wildman–Crippen LogP) is 3.06. The lowest BCUT2D eigenvalue weighted by Gasteiger charge is -2.28. The molecule has 1 fully saturated rings. The number of amides is 1. The number of hydrogen-bond donors (Lipinski definition) is 1. The third-order valence-corrected chi connectivity index (χ3v) is 4.35. The lowest BCUT2D eigenvalue weighted by molar-refractivity contribution is 0.0590. The van der Waals surface area contributed by atoms with Crippen LogP contribution in [0.1, 0.15) is 30.3 Å². The molecule has 3 rings (SSSR count). The molecular weight excluding hydrogens is 264 g/mol. The smallest absolute Gasteiger partial charge is 0.270 e. The van der Waals surface area contributed by atoms with E-state index in [2.05, 4.69) is 11.9 Å². The van der Waals surface area contributed by atoms with Crippen molar-refractivity contribution < 1.29 is 9.53 Å². The SMILES string of the molecule is COCCN(C(=O)c1cc2ccccc2[nH]1)C(C)C1CC1. The number of nitrogens with zero attached hydrogens (tertiary/aromatic N) is 1. The first-order chi connectivity index (χ1) is 10.2. The number of aromatic nitrogens is 1. The Morgan fingerprint density at radius 2 is 2.19 bits per heavy atom. The van der Waals surface area contributed by atoms with Crippen molar-refractivity contribution in [2.45, 2.75) is 25.8 Å². The van der Waals surface area contributed by atoms with E-state index in [1.807, 2.05) is 35.2 Å². The van der Waals surface area contributed by atoms with Crippen molar-refractivity contribution in [2.24, 2.45) is 5.92 Å². The summed E-state index contributed by atoms with van der Waals surface area (Å²) >= 11 is 0. The predicted molar refractivity (Wildman–Crippen MR) is 83.4 cm³/mol. The minimum atomic E-state index is 0.0719. The maximum absolute atomic E-state index is 12.8. The van der Waals surface area contributed by atoms with Crippen molar-refractivity contribution >= 4 is 16.8 Å². The molecule has 2 aromatic rings. The Hall–Kier alpha value is -1.81. The second kappa shape index (κ2) is 5.90. The third kappa shape index (κ3) is 2.95. The summed E-state index contributed by atoms with van der Waals surface area (Å²) in [7, 11) is 1.67. The van der Waals surface area contributed by atoms with Gasteiger partial charge in [-0.2, -0.15) is 0 Å². The Bertz CT molecular complexity index is 598. The van der Waals surface area contributed by atoms with E-state index in [1.54, 1.807) is 7.11 Å². The van der Waals surface area contributed by atoms with Crippen molar-refractivity contribution in [3.8, 4) is 0 Å². The van der Waals surface area contributed by atoms with Gasteiger partial charge in [-0.3, -0.25) is 4.79 Å². The fourth-order valence-electron chi connectivity index (χ4n) is 2.86. The quantitative estimate of drug-likeness (QED) is 0.887. The number of carbonyl (C=O) groups is 1. The Labute approximate surface area is 125 Å². The van der Waals surface area contributed by atoms with Crippen LogP contribution in [0, 0.1) is 5.92 Å². The minimum Gasteiger partial charge on any atom is -0.383 e. The third-order valence-electron chi connectivity index (χ3n) is 4.35. The van der Waals surface area contributed by atoms with Gasteiger partial charge < -0.3 is 14.6 Å². The first kappa shape index (κ1) is 14.1. The summed E-state index contributed by atoms with van der Waals surface area (Å²) in [6.45, 7) is 3.36. The maximum atomic E-state index is 12.8. The van der Waals surface area contributed by atoms with E-state index >= 15 is 0 Å². The van der Waals surface area contributed by atoms with Crippen LogP contribution in [0.2, 0.25) is 0 Å². The van der Waals surface area contributed by atoms with Crippen LogP contribution in [0.4, 0.5) is 0 Å². The van der Waals surface area contributed by atoms with Crippen LogP contribution < -0.4 is 0 Å². The molecule has 1 aromatic carbocycles. The van der Waals surface area contributed by atoms with Gasteiger partial charge in [0.2, 0.25) is 0 Å². The molecule has 0 bridgehead atoms. The largest absolute Gasteiger partial charge is 0.383 e. The molecule has 0 saturated heterocycles. The summed E-state index contributed by atoms with van der Waals surface area (Å²) in [4.78, 5) is 18.0. The number of fused-ring (bicyclic) bond motifs is 1. The molecule has 0 spiro atoms. The number of para-hydroxylation sites is 1. The van der Waals surface area contributed by atoms with E-state index in [1.165, 1.54) is 12.8 Å². The van der Waals surface area contributed by atoms with Gasteiger partial charge in [0.25, 0.3) is 5.91 Å². The maximum Gasteiger partial charge on any atom is 0.270 e. The Kier molecular flexibility index (Phi) is 3.97. The molecule has 1 saturated carbocycles. The van der Waals surface area contributed by atoms with Crippen LogP contribution in [0.25, 0.3) is 10.9 Å². The van der Waals surface area contributed by atoms with Crippen molar-refractivity contribution in [3.63, 3.8) is 0 Å². The molecule has 1 heterocycles. The number of hydrogen-bond acceptors (Lipinski definition) is 2. The van der Waals surface area contributed by atoms with E-state index in [9.17, 15) is 4.79 Å². The topological polar surface area (TPSA) is 45.3 Å². The van der Waals surface area contributed by atoms with Gasteiger partial charge in [-0.15, -0.1) is 0 Å². The van der Waals surface area contributed by atoms with E-state index in [0.29, 0.717) is 24.8 Å². The Morgan fingerprint density at radius 3 is 2.86 bits per heavy atom. The molecule has 1 atom stereocenters. The van der Waals surface area contributed by atoms with Gasteiger partial charge in [0, 0.05) is 30.6 Å². The molecule has 21 heavy (non-hydrogen) atoms. The lowest BCUT2D eigenvalue weighted by Crippen LogP contribution is -2.42. The summed E-state index contributed by atoms with van der Waals surface area (Å²) in [5.41, 5.74) is 1.67. The van der Waals surface area contributed by atoms with Crippen LogP contribution in [-0.2, 0) is 4.74 Å². The number of methoxy groups -OCH3 is 1. The number of benzene rings is 1. The molecule has 0 aliphatic heterocycles. The zero-order chi connectivity index (χ0) is 14.8. The molecule has 112 valence electrons. The van der Waals surface area contributed by atoms with Crippen molar-refractivity contribution in [1.82, 2.24) is 9.88 Å². The van der Waals surface area contributed by atoms with Crippen LogP contribution >= 0.6 is 0 Å². The van der Waals surface area contributed by atoms with Crippen molar-refractivity contribution in [2.75, 3.05) is 20.3 Å². The standard InChI is InChI=1S/C17H22N2O2/c1-12(13-7-8-13)19(9-10-21-2)17(20)16-11-14-5-3-4-6-15(14)18-16/h3-6,11-13,18H,7-10H2,1-2H3. The number of nitrogens with one attached hydrogen (secondary N) is 1. The molecule has 1 aliphatic carbocycles. The van der Waals surface area contributed by atoms with Crippen LogP contribution in [0.15, 0.2) is 30.3 Å². The lowest BCUT2D eigenvalue weighted by atomic mass is 10.1. The van der Waals surface area contributed by atoms with Gasteiger partial charge in [-0.05, 0) is 37.8 Å². The zero-order valence-corrected chi connectivity index (χ0v) is 12.6. The summed E-state index contributed by atoms with van der Waals surface area (Å²) < 4.78 is 5.16. The highest BCUT2D eigenvalue weighted by molar-refractivity contribution is 5.98. The molecule has 1 N–H and O–H groups in total. The first-order valence-electron chi connectivity index (χ1n) is 7.58. The van der Waals surface area contributed by atoms with E-state index in [-0.39, 0.29) is 11.9 Å². The van der Waals surface area contributed by atoms with Gasteiger partial charge in [0.1, 0.15) is 5.69 Å². The van der Waals surface area contributed by atoms with Gasteiger partial charge in [-0.1, -0.05) is 18.2 Å². The summed E-state index contributed by atoms with van der Waals surface area (Å²) in [5.74, 6) is 0.720. The molecule has 1 amide bonds. The van der Waals surface area contributed by atoms with Crippen LogP contribution in [-0.4, -0.2) is 42.1 Å². The molecule has 1 unspecified atom stereocenters. The highest BCUT2D eigenvalue weighted by Crippen LogP contribution is 2.35. The van der Waals surface area contributed by atoms with Gasteiger partial charge in [-0.25, -0.2) is 0 Å². The highest BCUT2D eigenvalue weighted by atomic mass is 16.5. The minimum absolute atomic E-state index is 0.0719. The summed E-state index contributed by atoms with van der Waals surface area (Å²) in [5, 5.41) is 1.08. The molecular formula is C17H22N2O2. The second-order valence-electron chi connectivity index (χ2n) is 5.84. The van der Waals surface area contributed by atoms with Gasteiger partial charge in [0.15, 0.2) is 0 Å². The van der Waals surface area contributed by atoms with Gasteiger partial charge in [0.05, 0.1) is 6.61 Å². The fourth-order valence-corrected chi connectivity index (χ4v) is 2.86. The fraction of sp³-hybridized carbons (Fsp3) is 0.471. The highest BCUT2D eigenvalue weighted by Gasteiger charge is 2.34. The van der Waals surface area contributed by atoms with Crippen molar-refractivity contribution in [1.29, 1.82) is 0 Å². The van der Waals surface area contributed by atoms with Crippen LogP contribution in [0.5, 0.6) is 0 Å². The molecule has 1 aliphatic rings. The van der Waals surface area contributed by atoms with Gasteiger partial charge >= 0.3 is 0 Å². The van der Waals surface area contributed by atoms with E-state index in [4.69, 9.17) is 4.74 Å². The molecule has 1 aromatic heterocycles. The molecule has 0 radical (unpaired) electrons. The monoisotopic (exact) mass is 286 g/mol. The Balaban J connectivity index is 1.84. The zero-order valence-electron chi connectivity index (χ0n) is 12.6. The average molecular weight is 286 g/mol. The molecule has 4 nitrogen and oxygen atoms in total. The summed E-state index contributed by atoms with van der Waals surface area (Å²) in [6.07, 6.45) is 2.45. The van der Waals surface area contributed by atoms with Crippen molar-refractivity contribution in [3.05, 3.63) is 36.0 Å². The van der Waals surface area contributed by atoms with E-state index in [0.717, 1.165) is 10.9 Å². The number of aromatic amines is 1. The number of ether oxygens (including phenoxy) is 1. The Morgan fingerprint density at radius 1 is 1.43 bits per heavy atom. The summed E-state index contributed by atoms with van der Waals surface area (Å²) in [6, 6.07) is 10.2. The number of H-pyrrole nitrogens is 1. The second-order valence-corrected chi connectivity index (χ2v) is 5.84. The van der Waals surface area contributed by atoms with E-state index < -0.39 is 0 Å². The normalized spacial score (nSPS) is 16.1. The number of rotatable bonds is 6.